The molecule has 29 heavy (non-hydrogen) atoms. The number of ether oxygens (including phenoxy) is 1. The van der Waals surface area contributed by atoms with Gasteiger partial charge in [0.15, 0.2) is 6.10 Å². The Morgan fingerprint density at radius 2 is 1.55 bits per heavy atom. The van der Waals surface area contributed by atoms with E-state index in [9.17, 15) is 9.59 Å². The van der Waals surface area contributed by atoms with Gasteiger partial charge in [0.1, 0.15) is 5.75 Å². The van der Waals surface area contributed by atoms with Crippen molar-refractivity contribution in [1.82, 2.24) is 0 Å². The fourth-order valence-corrected chi connectivity index (χ4v) is 2.75. The Hall–Kier alpha value is -3.31. The highest BCUT2D eigenvalue weighted by molar-refractivity contribution is 6.30. The number of anilines is 2. The second kappa shape index (κ2) is 9.26. The predicted molar refractivity (Wildman–Crippen MR) is 116 cm³/mol. The fraction of sp³-hybridized carbons (Fsp3) is 0.130. The van der Waals surface area contributed by atoms with E-state index in [1.165, 1.54) is 0 Å². The van der Waals surface area contributed by atoms with Gasteiger partial charge in [-0.15, -0.1) is 0 Å². The average molecular weight is 409 g/mol. The first kappa shape index (κ1) is 20.4. The van der Waals surface area contributed by atoms with Gasteiger partial charge in [0.05, 0.1) is 0 Å². The van der Waals surface area contributed by atoms with Crippen LogP contribution in [0.25, 0.3) is 0 Å². The third-order valence-electron chi connectivity index (χ3n) is 4.30. The van der Waals surface area contributed by atoms with Crippen molar-refractivity contribution in [3.63, 3.8) is 0 Å². The average Bonchev–Trinajstić information content (AvgIpc) is 2.72. The van der Waals surface area contributed by atoms with Crippen LogP contribution in [0.15, 0.2) is 72.8 Å². The van der Waals surface area contributed by atoms with Crippen molar-refractivity contribution in [3.8, 4) is 5.75 Å². The molecule has 0 saturated carbocycles. The molecule has 3 aromatic rings. The molecule has 3 rings (SSSR count). The number of halogens is 1. The van der Waals surface area contributed by atoms with E-state index in [2.05, 4.69) is 10.6 Å². The van der Waals surface area contributed by atoms with E-state index in [-0.39, 0.29) is 11.8 Å². The van der Waals surface area contributed by atoms with Crippen LogP contribution in [0.5, 0.6) is 5.75 Å². The summed E-state index contributed by atoms with van der Waals surface area (Å²) in [5, 5.41) is 6.25. The molecule has 1 atom stereocenters. The highest BCUT2D eigenvalue weighted by Crippen LogP contribution is 2.18. The molecule has 2 N–H and O–H groups in total. The number of para-hydroxylation sites is 1. The number of hydrogen-bond donors (Lipinski definition) is 2. The Bertz CT molecular complexity index is 1000. The van der Waals surface area contributed by atoms with E-state index in [0.717, 1.165) is 11.3 Å². The highest BCUT2D eigenvalue weighted by atomic mass is 35.5. The maximum Gasteiger partial charge on any atom is 0.265 e. The van der Waals surface area contributed by atoms with E-state index in [1.54, 1.807) is 55.5 Å². The number of rotatable bonds is 6. The Morgan fingerprint density at radius 3 is 2.21 bits per heavy atom. The lowest BCUT2D eigenvalue weighted by atomic mass is 10.2. The maximum absolute atomic E-state index is 12.4. The number of hydrogen-bond acceptors (Lipinski definition) is 3. The lowest BCUT2D eigenvalue weighted by Gasteiger charge is -2.16. The summed E-state index contributed by atoms with van der Waals surface area (Å²) in [6.45, 7) is 3.60. The van der Waals surface area contributed by atoms with Gasteiger partial charge in [0, 0.05) is 22.0 Å². The molecule has 3 aromatic carbocycles. The first-order valence-corrected chi connectivity index (χ1v) is 9.50. The molecule has 0 heterocycles. The zero-order chi connectivity index (χ0) is 20.8. The smallest absolute Gasteiger partial charge is 0.265 e. The van der Waals surface area contributed by atoms with Crippen LogP contribution in [0, 0.1) is 6.92 Å². The van der Waals surface area contributed by atoms with Crippen molar-refractivity contribution in [2.75, 3.05) is 10.6 Å². The molecule has 0 aliphatic carbocycles. The molecule has 5 nitrogen and oxygen atoms in total. The zero-order valence-electron chi connectivity index (χ0n) is 16.1. The van der Waals surface area contributed by atoms with Gasteiger partial charge in [-0.3, -0.25) is 9.59 Å². The molecule has 0 fully saturated rings. The minimum atomic E-state index is -0.691. The van der Waals surface area contributed by atoms with Gasteiger partial charge in [-0.2, -0.15) is 0 Å². The molecule has 0 unspecified atom stereocenters. The van der Waals surface area contributed by atoms with Crippen LogP contribution in [-0.2, 0) is 4.79 Å². The summed E-state index contributed by atoms with van der Waals surface area (Å²) in [5.41, 5.74) is 2.86. The van der Waals surface area contributed by atoms with Crippen molar-refractivity contribution in [2.45, 2.75) is 20.0 Å². The Kier molecular flexibility index (Phi) is 6.52. The van der Waals surface area contributed by atoms with E-state index < -0.39 is 6.10 Å². The molecule has 0 spiro atoms. The van der Waals surface area contributed by atoms with Crippen LogP contribution >= 0.6 is 11.6 Å². The second-order valence-corrected chi connectivity index (χ2v) is 6.99. The molecular formula is C23H21ClN2O3. The quantitative estimate of drug-likeness (QED) is 0.581. The molecule has 6 heteroatoms. The zero-order valence-corrected chi connectivity index (χ0v) is 16.9. The summed E-state index contributed by atoms with van der Waals surface area (Å²) in [7, 11) is 0. The molecule has 148 valence electrons. The fourth-order valence-electron chi connectivity index (χ4n) is 2.63. The van der Waals surface area contributed by atoms with Gasteiger partial charge in [-0.1, -0.05) is 29.8 Å². The lowest BCUT2D eigenvalue weighted by molar-refractivity contribution is -0.122. The first-order chi connectivity index (χ1) is 13.9. The largest absolute Gasteiger partial charge is 0.481 e. The molecule has 0 radical (unpaired) electrons. The topological polar surface area (TPSA) is 67.4 Å². The van der Waals surface area contributed by atoms with Crippen molar-refractivity contribution in [1.29, 1.82) is 0 Å². The number of aryl methyl sites for hydroxylation is 1. The summed E-state index contributed by atoms with van der Waals surface area (Å²) >= 11 is 5.84. The van der Waals surface area contributed by atoms with Gasteiger partial charge < -0.3 is 15.4 Å². The van der Waals surface area contributed by atoms with Crippen molar-refractivity contribution in [2.24, 2.45) is 0 Å². The monoisotopic (exact) mass is 408 g/mol. The summed E-state index contributed by atoms with van der Waals surface area (Å²) in [6.07, 6.45) is -0.691. The molecular weight excluding hydrogens is 388 g/mol. The Balaban J connectivity index is 1.58. The first-order valence-electron chi connectivity index (χ1n) is 9.12. The van der Waals surface area contributed by atoms with Gasteiger partial charge in [-0.05, 0) is 74.0 Å². The Labute approximate surface area is 174 Å². The number of amides is 2. The Morgan fingerprint density at radius 1 is 0.897 bits per heavy atom. The minimum absolute atomic E-state index is 0.246. The molecule has 0 aliphatic heterocycles. The summed E-state index contributed by atoms with van der Waals surface area (Å²) < 4.78 is 5.70. The van der Waals surface area contributed by atoms with Crippen molar-refractivity contribution < 1.29 is 14.3 Å². The SMILES string of the molecule is Cc1ccccc1NC(=O)[C@H](C)Oc1ccc(C(=O)Nc2ccc(Cl)cc2)cc1. The normalized spacial score (nSPS) is 11.4. The summed E-state index contributed by atoms with van der Waals surface area (Å²) in [6, 6.07) is 21.0. The van der Waals surface area contributed by atoms with E-state index in [0.29, 0.717) is 22.0 Å². The van der Waals surface area contributed by atoms with E-state index in [4.69, 9.17) is 16.3 Å². The van der Waals surface area contributed by atoms with Gasteiger partial charge >= 0.3 is 0 Å². The third-order valence-corrected chi connectivity index (χ3v) is 4.56. The van der Waals surface area contributed by atoms with Gasteiger partial charge in [-0.25, -0.2) is 0 Å². The molecule has 0 bridgehead atoms. The predicted octanol–water partition coefficient (Wildman–Crippen LogP) is 5.31. The van der Waals surface area contributed by atoms with Crippen LogP contribution < -0.4 is 15.4 Å². The van der Waals surface area contributed by atoms with Crippen LogP contribution in [0.3, 0.4) is 0 Å². The van der Waals surface area contributed by atoms with Crippen molar-refractivity contribution >= 4 is 34.8 Å². The summed E-state index contributed by atoms with van der Waals surface area (Å²) in [4.78, 5) is 24.7. The van der Waals surface area contributed by atoms with Crippen LogP contribution in [0.1, 0.15) is 22.8 Å². The molecule has 0 saturated heterocycles. The molecule has 0 aliphatic rings. The maximum atomic E-state index is 12.4. The number of carbonyl (C=O) groups excluding carboxylic acids is 2. The van der Waals surface area contributed by atoms with Crippen LogP contribution in [0.4, 0.5) is 11.4 Å². The number of carbonyl (C=O) groups is 2. The third kappa shape index (κ3) is 5.59. The van der Waals surface area contributed by atoms with Crippen molar-refractivity contribution in [3.05, 3.63) is 88.9 Å². The van der Waals surface area contributed by atoms with Crippen LogP contribution in [0.2, 0.25) is 5.02 Å². The highest BCUT2D eigenvalue weighted by Gasteiger charge is 2.16. The minimum Gasteiger partial charge on any atom is -0.481 e. The molecule has 0 aromatic heterocycles. The molecule has 2 amide bonds. The van der Waals surface area contributed by atoms with Crippen LogP contribution in [-0.4, -0.2) is 17.9 Å². The van der Waals surface area contributed by atoms with Gasteiger partial charge in [0.2, 0.25) is 0 Å². The number of benzene rings is 3. The van der Waals surface area contributed by atoms with Gasteiger partial charge in [0.25, 0.3) is 11.8 Å². The standard InChI is InChI=1S/C23H21ClN2O3/c1-15-5-3-4-6-21(15)26-22(27)16(2)29-20-13-7-17(8-14-20)23(28)25-19-11-9-18(24)10-12-19/h3-14,16H,1-2H3,(H,25,28)(H,26,27)/t16-/m0/s1. The van der Waals surface area contributed by atoms with E-state index >= 15 is 0 Å². The lowest BCUT2D eigenvalue weighted by Crippen LogP contribution is -2.30. The number of nitrogens with one attached hydrogen (secondary N) is 2. The summed E-state index contributed by atoms with van der Waals surface area (Å²) in [5.74, 6) is 0.00792. The second-order valence-electron chi connectivity index (χ2n) is 6.55. The van der Waals surface area contributed by atoms with E-state index in [1.807, 2.05) is 31.2 Å².